The van der Waals surface area contributed by atoms with Crippen LogP contribution in [0.2, 0.25) is 0 Å². The highest BCUT2D eigenvalue weighted by molar-refractivity contribution is 9.10. The van der Waals surface area contributed by atoms with Gasteiger partial charge in [-0.05, 0) is 37.6 Å². The highest BCUT2D eigenvalue weighted by Gasteiger charge is 2.13. The molecule has 1 aromatic rings. The van der Waals surface area contributed by atoms with Crippen LogP contribution < -0.4 is 5.32 Å². The Morgan fingerprint density at radius 1 is 1.36 bits per heavy atom. The number of benzene rings is 1. The Balaban J connectivity index is 2.73. The quantitative estimate of drug-likeness (QED) is 0.875. The molecule has 1 rings (SSSR count). The second-order valence-electron chi connectivity index (χ2n) is 3.23. The molecule has 0 fully saturated rings. The average molecular weight is 264 g/mol. The molecule has 78 valence electrons. The van der Waals surface area contributed by atoms with Gasteiger partial charge in [0.05, 0.1) is 6.04 Å². The molecule has 0 bridgehead atoms. The largest absolute Gasteiger partial charge is 0.377 e. The zero-order valence-corrected chi connectivity index (χ0v) is 9.61. The van der Waals surface area contributed by atoms with E-state index in [1.54, 1.807) is 6.07 Å². The highest BCUT2D eigenvalue weighted by Crippen LogP contribution is 2.21. The summed E-state index contributed by atoms with van der Waals surface area (Å²) in [5.41, 5.74) is 1.75. The Bertz CT molecular complexity index is 315. The van der Waals surface area contributed by atoms with Crippen molar-refractivity contribution in [3.8, 4) is 0 Å². The first-order valence-corrected chi connectivity index (χ1v) is 5.11. The van der Waals surface area contributed by atoms with Crippen molar-refractivity contribution in [3.05, 3.63) is 28.2 Å². The Kier molecular flexibility index (Phi) is 3.86. The molecular weight excluding hydrogens is 252 g/mol. The summed E-state index contributed by atoms with van der Waals surface area (Å²) in [5.74, 6) is 0. The molecular formula is C10H12BrF2N. The Hall–Kier alpha value is -0.640. The van der Waals surface area contributed by atoms with Gasteiger partial charge in [0, 0.05) is 10.2 Å². The fourth-order valence-corrected chi connectivity index (χ4v) is 1.31. The molecule has 0 aliphatic rings. The van der Waals surface area contributed by atoms with Crippen molar-refractivity contribution in [2.75, 3.05) is 5.32 Å². The molecule has 0 aliphatic heterocycles. The van der Waals surface area contributed by atoms with Gasteiger partial charge in [-0.15, -0.1) is 0 Å². The number of halogens is 3. The van der Waals surface area contributed by atoms with Gasteiger partial charge in [0.1, 0.15) is 0 Å². The summed E-state index contributed by atoms with van der Waals surface area (Å²) < 4.78 is 25.4. The SMILES string of the molecule is Cc1cc(NC(C)C(F)F)ccc1Br. The lowest BCUT2D eigenvalue weighted by atomic mass is 10.2. The van der Waals surface area contributed by atoms with E-state index in [1.165, 1.54) is 6.92 Å². The second-order valence-corrected chi connectivity index (χ2v) is 4.09. The van der Waals surface area contributed by atoms with Gasteiger partial charge >= 0.3 is 0 Å². The summed E-state index contributed by atoms with van der Waals surface area (Å²) in [6.07, 6.45) is -2.35. The van der Waals surface area contributed by atoms with E-state index in [-0.39, 0.29) is 0 Å². The van der Waals surface area contributed by atoms with Crippen molar-refractivity contribution in [2.24, 2.45) is 0 Å². The van der Waals surface area contributed by atoms with Crippen LogP contribution >= 0.6 is 15.9 Å². The number of nitrogens with one attached hydrogen (secondary N) is 1. The van der Waals surface area contributed by atoms with E-state index in [0.717, 1.165) is 15.7 Å². The summed E-state index contributed by atoms with van der Waals surface area (Å²) in [7, 11) is 0. The lowest BCUT2D eigenvalue weighted by Crippen LogP contribution is -2.23. The smallest absolute Gasteiger partial charge is 0.258 e. The molecule has 1 atom stereocenters. The van der Waals surface area contributed by atoms with Crippen LogP contribution in [-0.4, -0.2) is 12.5 Å². The molecule has 0 saturated heterocycles. The van der Waals surface area contributed by atoms with Crippen molar-refractivity contribution in [2.45, 2.75) is 26.3 Å². The normalized spacial score (nSPS) is 13.0. The number of rotatable bonds is 3. The van der Waals surface area contributed by atoms with Crippen LogP contribution in [0.4, 0.5) is 14.5 Å². The van der Waals surface area contributed by atoms with Crippen molar-refractivity contribution < 1.29 is 8.78 Å². The minimum atomic E-state index is -2.35. The minimum absolute atomic E-state index is 0.721. The molecule has 0 saturated carbocycles. The van der Waals surface area contributed by atoms with Gasteiger partial charge in [0.25, 0.3) is 6.43 Å². The maximum absolute atomic E-state index is 12.2. The molecule has 14 heavy (non-hydrogen) atoms. The second kappa shape index (κ2) is 4.73. The molecule has 0 aliphatic carbocycles. The van der Waals surface area contributed by atoms with Crippen molar-refractivity contribution in [1.29, 1.82) is 0 Å². The number of hydrogen-bond donors (Lipinski definition) is 1. The van der Waals surface area contributed by atoms with E-state index in [9.17, 15) is 8.78 Å². The highest BCUT2D eigenvalue weighted by atomic mass is 79.9. The van der Waals surface area contributed by atoms with E-state index in [4.69, 9.17) is 0 Å². The topological polar surface area (TPSA) is 12.0 Å². The minimum Gasteiger partial charge on any atom is -0.377 e. The monoisotopic (exact) mass is 263 g/mol. The van der Waals surface area contributed by atoms with Crippen LogP contribution in [-0.2, 0) is 0 Å². The van der Waals surface area contributed by atoms with Crippen LogP contribution in [0.15, 0.2) is 22.7 Å². The van der Waals surface area contributed by atoms with E-state index < -0.39 is 12.5 Å². The van der Waals surface area contributed by atoms with Gasteiger partial charge in [-0.1, -0.05) is 15.9 Å². The molecule has 0 heterocycles. The molecule has 1 unspecified atom stereocenters. The lowest BCUT2D eigenvalue weighted by Gasteiger charge is -2.14. The van der Waals surface area contributed by atoms with E-state index in [2.05, 4.69) is 21.2 Å². The van der Waals surface area contributed by atoms with Crippen molar-refractivity contribution in [1.82, 2.24) is 0 Å². The maximum Gasteiger partial charge on any atom is 0.258 e. The van der Waals surface area contributed by atoms with Crippen LogP contribution in [0.25, 0.3) is 0 Å². The molecule has 0 radical (unpaired) electrons. The van der Waals surface area contributed by atoms with Crippen molar-refractivity contribution in [3.63, 3.8) is 0 Å². The zero-order chi connectivity index (χ0) is 10.7. The third kappa shape index (κ3) is 2.94. The molecule has 4 heteroatoms. The van der Waals surface area contributed by atoms with Gasteiger partial charge < -0.3 is 5.32 Å². The summed E-state index contributed by atoms with van der Waals surface area (Å²) in [6, 6.07) is 4.63. The molecule has 1 nitrogen and oxygen atoms in total. The fourth-order valence-electron chi connectivity index (χ4n) is 1.06. The zero-order valence-electron chi connectivity index (χ0n) is 8.02. The number of hydrogen-bond acceptors (Lipinski definition) is 1. The first-order chi connectivity index (χ1) is 6.50. The van der Waals surface area contributed by atoms with Crippen molar-refractivity contribution >= 4 is 21.6 Å². The van der Waals surface area contributed by atoms with Gasteiger partial charge in [0.2, 0.25) is 0 Å². The average Bonchev–Trinajstić information content (AvgIpc) is 2.11. The van der Waals surface area contributed by atoms with E-state index in [0.29, 0.717) is 0 Å². The van der Waals surface area contributed by atoms with Crippen LogP contribution in [0.3, 0.4) is 0 Å². The summed E-state index contributed by atoms with van der Waals surface area (Å²) in [4.78, 5) is 0. The Labute approximate surface area is 90.6 Å². The lowest BCUT2D eigenvalue weighted by molar-refractivity contribution is 0.131. The molecule has 0 aromatic heterocycles. The first kappa shape index (κ1) is 11.4. The van der Waals surface area contributed by atoms with E-state index in [1.807, 2.05) is 19.1 Å². The molecule has 1 aromatic carbocycles. The summed E-state index contributed by atoms with van der Waals surface area (Å²) in [6.45, 7) is 3.38. The summed E-state index contributed by atoms with van der Waals surface area (Å²) in [5, 5.41) is 2.74. The molecule has 0 amide bonds. The van der Waals surface area contributed by atoms with E-state index >= 15 is 0 Å². The fraction of sp³-hybridized carbons (Fsp3) is 0.400. The maximum atomic E-state index is 12.2. The van der Waals surface area contributed by atoms with Gasteiger partial charge in [-0.2, -0.15) is 0 Å². The Morgan fingerprint density at radius 2 is 2.00 bits per heavy atom. The van der Waals surface area contributed by atoms with Gasteiger partial charge in [-0.25, -0.2) is 8.78 Å². The third-order valence-electron chi connectivity index (χ3n) is 1.93. The number of anilines is 1. The predicted molar refractivity (Wildman–Crippen MR) is 58.0 cm³/mol. The predicted octanol–water partition coefficient (Wildman–Crippen LogP) is 3.82. The van der Waals surface area contributed by atoms with Crippen LogP contribution in [0.5, 0.6) is 0 Å². The summed E-state index contributed by atoms with van der Waals surface area (Å²) >= 11 is 3.35. The molecule has 0 spiro atoms. The van der Waals surface area contributed by atoms with Crippen LogP contribution in [0.1, 0.15) is 12.5 Å². The van der Waals surface area contributed by atoms with Crippen LogP contribution in [0, 0.1) is 6.92 Å². The number of aryl methyl sites for hydroxylation is 1. The third-order valence-corrected chi connectivity index (χ3v) is 2.82. The molecule has 1 N–H and O–H groups in total. The van der Waals surface area contributed by atoms with Gasteiger partial charge in [-0.3, -0.25) is 0 Å². The number of alkyl halides is 2. The Morgan fingerprint density at radius 3 is 2.50 bits per heavy atom. The standard InChI is InChI=1S/C10H12BrF2N/c1-6-5-8(3-4-9(6)11)14-7(2)10(12)13/h3-5,7,10,14H,1-2H3. The van der Waals surface area contributed by atoms with Gasteiger partial charge in [0.15, 0.2) is 0 Å². The first-order valence-electron chi connectivity index (χ1n) is 4.31.